The van der Waals surface area contributed by atoms with Crippen LogP contribution in [0, 0.1) is 6.92 Å². The SMILES string of the molecule is CCOc1ccccc1CCNS(=O)(=O)c1cccc(C)c1. The summed E-state index contributed by atoms with van der Waals surface area (Å²) in [4.78, 5) is 0.297. The highest BCUT2D eigenvalue weighted by atomic mass is 32.2. The molecule has 0 unspecified atom stereocenters. The number of sulfonamides is 1. The third-order valence-corrected chi connectivity index (χ3v) is 4.72. The molecule has 2 aromatic carbocycles. The second-order valence-electron chi connectivity index (χ2n) is 5.01. The molecule has 4 nitrogen and oxygen atoms in total. The number of rotatable bonds is 7. The third kappa shape index (κ3) is 4.32. The smallest absolute Gasteiger partial charge is 0.240 e. The molecule has 2 rings (SSSR count). The molecule has 0 aromatic heterocycles. The molecule has 0 saturated carbocycles. The van der Waals surface area contributed by atoms with E-state index in [-0.39, 0.29) is 0 Å². The largest absolute Gasteiger partial charge is 0.494 e. The Balaban J connectivity index is 2.02. The Hall–Kier alpha value is -1.85. The number of ether oxygens (including phenoxy) is 1. The van der Waals surface area contributed by atoms with Gasteiger partial charge >= 0.3 is 0 Å². The van der Waals surface area contributed by atoms with E-state index in [0.29, 0.717) is 24.5 Å². The number of hydrogen-bond acceptors (Lipinski definition) is 3. The zero-order valence-corrected chi connectivity index (χ0v) is 13.7. The number of benzene rings is 2. The predicted octanol–water partition coefficient (Wildman–Crippen LogP) is 2.91. The first-order valence-electron chi connectivity index (χ1n) is 7.30. The molecule has 0 spiro atoms. The average Bonchev–Trinajstić information content (AvgIpc) is 2.49. The van der Waals surface area contributed by atoms with E-state index in [1.54, 1.807) is 18.2 Å². The van der Waals surface area contributed by atoms with Crippen LogP contribution in [0.4, 0.5) is 0 Å². The zero-order valence-electron chi connectivity index (χ0n) is 12.9. The van der Waals surface area contributed by atoms with Gasteiger partial charge in [0.2, 0.25) is 10.0 Å². The molecule has 22 heavy (non-hydrogen) atoms. The number of para-hydroxylation sites is 1. The van der Waals surface area contributed by atoms with Gasteiger partial charge < -0.3 is 4.74 Å². The second-order valence-corrected chi connectivity index (χ2v) is 6.77. The van der Waals surface area contributed by atoms with Crippen molar-refractivity contribution < 1.29 is 13.2 Å². The van der Waals surface area contributed by atoms with Crippen molar-refractivity contribution in [1.82, 2.24) is 4.72 Å². The summed E-state index contributed by atoms with van der Waals surface area (Å²) in [5.41, 5.74) is 1.92. The van der Waals surface area contributed by atoms with Gasteiger partial charge in [-0.05, 0) is 49.6 Å². The van der Waals surface area contributed by atoms with E-state index in [4.69, 9.17) is 4.74 Å². The molecule has 0 aliphatic carbocycles. The van der Waals surface area contributed by atoms with Crippen molar-refractivity contribution in [3.05, 3.63) is 59.7 Å². The maximum atomic E-state index is 12.2. The molecule has 0 bridgehead atoms. The normalized spacial score (nSPS) is 11.4. The Kier molecular flexibility index (Phi) is 5.57. The van der Waals surface area contributed by atoms with E-state index in [0.717, 1.165) is 16.9 Å². The fraction of sp³-hybridized carbons (Fsp3) is 0.294. The lowest BCUT2D eigenvalue weighted by atomic mass is 10.1. The zero-order chi connectivity index (χ0) is 16.0. The molecule has 1 N–H and O–H groups in total. The van der Waals surface area contributed by atoms with E-state index >= 15 is 0 Å². The van der Waals surface area contributed by atoms with Crippen LogP contribution in [0.1, 0.15) is 18.1 Å². The first-order chi connectivity index (χ1) is 10.5. The van der Waals surface area contributed by atoms with Crippen molar-refractivity contribution in [2.45, 2.75) is 25.2 Å². The topological polar surface area (TPSA) is 55.4 Å². The van der Waals surface area contributed by atoms with Gasteiger partial charge in [0.05, 0.1) is 11.5 Å². The van der Waals surface area contributed by atoms with Crippen molar-refractivity contribution in [2.24, 2.45) is 0 Å². The van der Waals surface area contributed by atoms with Crippen LogP contribution in [0.3, 0.4) is 0 Å². The Labute approximate surface area is 132 Å². The molecule has 0 amide bonds. The van der Waals surface area contributed by atoms with Gasteiger partial charge in [-0.1, -0.05) is 30.3 Å². The van der Waals surface area contributed by atoms with Crippen LogP contribution < -0.4 is 9.46 Å². The van der Waals surface area contributed by atoms with Crippen LogP contribution >= 0.6 is 0 Å². The van der Waals surface area contributed by atoms with E-state index in [1.807, 2.05) is 44.2 Å². The molecule has 118 valence electrons. The van der Waals surface area contributed by atoms with Crippen LogP contribution in [0.15, 0.2) is 53.4 Å². The highest BCUT2D eigenvalue weighted by Gasteiger charge is 2.13. The molecule has 0 radical (unpaired) electrons. The second kappa shape index (κ2) is 7.42. The first kappa shape index (κ1) is 16.5. The summed E-state index contributed by atoms with van der Waals surface area (Å²) in [5, 5.41) is 0. The summed E-state index contributed by atoms with van der Waals surface area (Å²) in [7, 11) is -3.47. The fourth-order valence-electron chi connectivity index (χ4n) is 2.19. The van der Waals surface area contributed by atoms with E-state index < -0.39 is 10.0 Å². The number of hydrogen-bond donors (Lipinski definition) is 1. The van der Waals surface area contributed by atoms with Crippen LogP contribution in [0.2, 0.25) is 0 Å². The van der Waals surface area contributed by atoms with Crippen LogP contribution in [-0.2, 0) is 16.4 Å². The lowest BCUT2D eigenvalue weighted by Crippen LogP contribution is -2.26. The molecule has 0 saturated heterocycles. The first-order valence-corrected chi connectivity index (χ1v) is 8.78. The molecular formula is C17H21NO3S. The summed E-state index contributed by atoms with van der Waals surface area (Å²) in [6.07, 6.45) is 0.585. The Morgan fingerprint density at radius 2 is 1.86 bits per heavy atom. The van der Waals surface area contributed by atoms with Gasteiger partial charge in [-0.25, -0.2) is 13.1 Å². The Morgan fingerprint density at radius 3 is 2.59 bits per heavy atom. The molecule has 0 aliphatic heterocycles. The molecular weight excluding hydrogens is 298 g/mol. The van der Waals surface area contributed by atoms with E-state index in [2.05, 4.69) is 4.72 Å². The van der Waals surface area contributed by atoms with Gasteiger partial charge in [-0.3, -0.25) is 0 Å². The summed E-state index contributed by atoms with van der Waals surface area (Å²) in [5.74, 6) is 0.805. The molecule has 2 aromatic rings. The quantitative estimate of drug-likeness (QED) is 0.854. The lowest BCUT2D eigenvalue weighted by Gasteiger charge is -2.11. The van der Waals surface area contributed by atoms with Crippen molar-refractivity contribution in [3.63, 3.8) is 0 Å². The molecule has 5 heteroatoms. The summed E-state index contributed by atoms with van der Waals surface area (Å²) >= 11 is 0. The Bertz CT molecular complexity index is 726. The standard InChI is InChI=1S/C17H21NO3S/c1-3-21-17-10-5-4-8-15(17)11-12-18-22(19,20)16-9-6-7-14(2)13-16/h4-10,13,18H,3,11-12H2,1-2H3. The average molecular weight is 319 g/mol. The maximum absolute atomic E-state index is 12.2. The third-order valence-electron chi connectivity index (χ3n) is 3.26. The summed E-state index contributed by atoms with van der Waals surface area (Å²) < 4.78 is 32.7. The van der Waals surface area contributed by atoms with E-state index in [9.17, 15) is 8.42 Å². The predicted molar refractivity (Wildman–Crippen MR) is 87.7 cm³/mol. The number of aryl methyl sites for hydroxylation is 1. The molecule has 0 fully saturated rings. The summed E-state index contributed by atoms with van der Waals surface area (Å²) in [6.45, 7) is 4.72. The minimum atomic E-state index is -3.47. The van der Waals surface area contributed by atoms with Crippen LogP contribution in [0.5, 0.6) is 5.75 Å². The van der Waals surface area contributed by atoms with Crippen molar-refractivity contribution in [1.29, 1.82) is 0 Å². The summed E-state index contributed by atoms with van der Waals surface area (Å²) in [6, 6.07) is 14.6. The Morgan fingerprint density at radius 1 is 1.09 bits per heavy atom. The van der Waals surface area contributed by atoms with Gasteiger partial charge in [-0.2, -0.15) is 0 Å². The minimum Gasteiger partial charge on any atom is -0.494 e. The van der Waals surface area contributed by atoms with E-state index in [1.165, 1.54) is 0 Å². The highest BCUT2D eigenvalue weighted by molar-refractivity contribution is 7.89. The minimum absolute atomic E-state index is 0.297. The van der Waals surface area contributed by atoms with Gasteiger partial charge in [-0.15, -0.1) is 0 Å². The van der Waals surface area contributed by atoms with Gasteiger partial charge in [0.15, 0.2) is 0 Å². The van der Waals surface area contributed by atoms with Crippen molar-refractivity contribution in [2.75, 3.05) is 13.2 Å². The van der Waals surface area contributed by atoms with Crippen molar-refractivity contribution in [3.8, 4) is 5.75 Å². The highest BCUT2D eigenvalue weighted by Crippen LogP contribution is 2.18. The van der Waals surface area contributed by atoms with Gasteiger partial charge in [0.25, 0.3) is 0 Å². The van der Waals surface area contributed by atoms with Crippen molar-refractivity contribution >= 4 is 10.0 Å². The van der Waals surface area contributed by atoms with Gasteiger partial charge in [0, 0.05) is 6.54 Å². The maximum Gasteiger partial charge on any atom is 0.240 e. The fourth-order valence-corrected chi connectivity index (χ4v) is 3.33. The lowest BCUT2D eigenvalue weighted by molar-refractivity contribution is 0.336. The van der Waals surface area contributed by atoms with Crippen LogP contribution in [-0.4, -0.2) is 21.6 Å². The monoisotopic (exact) mass is 319 g/mol. The molecule has 0 atom stereocenters. The molecule has 0 heterocycles. The van der Waals surface area contributed by atoms with Crippen LogP contribution in [0.25, 0.3) is 0 Å². The molecule has 0 aliphatic rings. The number of nitrogens with one attached hydrogen (secondary N) is 1. The van der Waals surface area contributed by atoms with Gasteiger partial charge in [0.1, 0.15) is 5.75 Å².